The average molecular weight is 727 g/mol. The summed E-state index contributed by atoms with van der Waals surface area (Å²) < 4.78 is 11.8. The quantitative estimate of drug-likeness (QED) is 0.121. The fraction of sp³-hybridized carbons (Fsp3) is 0.450. The molecule has 0 radical (unpaired) electrons. The number of para-hydroxylation sites is 1. The molecule has 0 bridgehead atoms. The van der Waals surface area contributed by atoms with E-state index in [0.717, 1.165) is 76.0 Å². The van der Waals surface area contributed by atoms with Gasteiger partial charge in [-0.25, -0.2) is 4.98 Å². The number of unbranched alkanes of at least 4 members (excludes halogenated alkanes) is 2. The van der Waals surface area contributed by atoms with E-state index in [4.69, 9.17) is 9.47 Å². The van der Waals surface area contributed by atoms with E-state index in [2.05, 4.69) is 37.4 Å². The first kappa shape index (κ1) is 39.1. The van der Waals surface area contributed by atoms with Crippen molar-refractivity contribution in [1.29, 1.82) is 0 Å². The van der Waals surface area contributed by atoms with Crippen LogP contribution in [-0.2, 0) is 4.79 Å². The molecule has 4 aromatic rings. The average Bonchev–Trinajstić information content (AvgIpc) is 3.58. The highest BCUT2D eigenvalue weighted by molar-refractivity contribution is 6.11. The van der Waals surface area contributed by atoms with E-state index in [9.17, 15) is 14.4 Å². The van der Waals surface area contributed by atoms with E-state index in [1.54, 1.807) is 36.2 Å². The Balaban J connectivity index is 1.18. The predicted octanol–water partition coefficient (Wildman–Crippen LogP) is 5.49. The molecule has 0 spiro atoms. The molecule has 1 fully saturated rings. The number of piperazine rings is 1. The highest BCUT2D eigenvalue weighted by atomic mass is 16.5. The minimum Gasteiger partial charge on any atom is -0.496 e. The van der Waals surface area contributed by atoms with Gasteiger partial charge in [-0.1, -0.05) is 12.1 Å². The lowest BCUT2D eigenvalue weighted by Crippen LogP contribution is -2.47. The molecule has 0 saturated carbocycles. The lowest BCUT2D eigenvalue weighted by Gasteiger charge is -2.32. The van der Waals surface area contributed by atoms with Crippen LogP contribution in [0.2, 0.25) is 0 Å². The van der Waals surface area contributed by atoms with Crippen LogP contribution in [0.5, 0.6) is 11.5 Å². The number of methoxy groups -OCH3 is 1. The molecule has 13 nitrogen and oxygen atoms in total. The maximum absolute atomic E-state index is 13.8. The first-order valence-corrected chi connectivity index (χ1v) is 18.4. The largest absolute Gasteiger partial charge is 0.496 e. The molecule has 1 saturated heterocycles. The van der Waals surface area contributed by atoms with Crippen LogP contribution in [0, 0.1) is 6.92 Å². The number of hydrogen-bond donors (Lipinski definition) is 3. The van der Waals surface area contributed by atoms with Gasteiger partial charge in [-0.3, -0.25) is 14.4 Å². The SMILES string of the molecule is COc1cc(C(=O)N(C)c2ccc(C)cc2OCCCCCC(=O)N2CCN(C)CC2)ccc1C(=O)Nc1cccc2[nH]c(NCCCN(C)C)nc12. The normalized spacial score (nSPS) is 13.3. The monoisotopic (exact) mass is 726 g/mol. The van der Waals surface area contributed by atoms with Crippen LogP contribution < -0.4 is 25.0 Å². The van der Waals surface area contributed by atoms with E-state index in [-0.39, 0.29) is 29.0 Å². The fourth-order valence-corrected chi connectivity index (χ4v) is 6.29. The fourth-order valence-electron chi connectivity index (χ4n) is 6.29. The zero-order chi connectivity index (χ0) is 37.9. The Morgan fingerprint density at radius 1 is 0.925 bits per heavy atom. The molecule has 0 aliphatic carbocycles. The Hall–Kier alpha value is -5.14. The van der Waals surface area contributed by atoms with Gasteiger partial charge in [0.15, 0.2) is 0 Å². The van der Waals surface area contributed by atoms with Crippen molar-refractivity contribution >= 4 is 46.1 Å². The highest BCUT2D eigenvalue weighted by Crippen LogP contribution is 2.32. The van der Waals surface area contributed by atoms with Crippen LogP contribution in [0.25, 0.3) is 11.0 Å². The molecule has 53 heavy (non-hydrogen) atoms. The van der Waals surface area contributed by atoms with Crippen molar-refractivity contribution in [3.63, 3.8) is 0 Å². The van der Waals surface area contributed by atoms with Crippen molar-refractivity contribution in [2.24, 2.45) is 0 Å². The Morgan fingerprint density at radius 2 is 1.72 bits per heavy atom. The maximum Gasteiger partial charge on any atom is 0.259 e. The second-order valence-corrected chi connectivity index (χ2v) is 13.9. The number of aromatic nitrogens is 2. The van der Waals surface area contributed by atoms with Crippen molar-refractivity contribution in [2.45, 2.75) is 39.0 Å². The van der Waals surface area contributed by atoms with E-state index >= 15 is 0 Å². The standard InChI is InChI=1S/C40H54N8O5/c1-28-15-18-33(35(26-28)53-25-9-7-8-14-36(49)48-23-21-46(4)22-24-48)47(5)39(51)29-16-17-30(34(27-29)52-6)38(50)42-31-12-10-13-32-37(31)44-40(43-32)41-19-11-20-45(2)3/h10,12-13,15-18,26-27H,7-9,11,14,19-25H2,1-6H3,(H,42,50)(H2,41,43,44). The Bertz CT molecular complexity index is 1870. The third-order valence-corrected chi connectivity index (χ3v) is 9.46. The molecule has 2 heterocycles. The molecule has 1 aromatic heterocycles. The van der Waals surface area contributed by atoms with Crippen LogP contribution in [0.1, 0.15) is 58.4 Å². The number of benzene rings is 3. The van der Waals surface area contributed by atoms with Gasteiger partial charge in [0, 0.05) is 51.8 Å². The number of aromatic amines is 1. The zero-order valence-electron chi connectivity index (χ0n) is 32.0. The number of rotatable bonds is 17. The van der Waals surface area contributed by atoms with Crippen molar-refractivity contribution in [1.82, 2.24) is 24.7 Å². The smallest absolute Gasteiger partial charge is 0.259 e. The van der Waals surface area contributed by atoms with E-state index in [0.29, 0.717) is 47.2 Å². The summed E-state index contributed by atoms with van der Waals surface area (Å²) in [6, 6.07) is 16.1. The van der Waals surface area contributed by atoms with Crippen LogP contribution >= 0.6 is 0 Å². The second-order valence-electron chi connectivity index (χ2n) is 13.9. The van der Waals surface area contributed by atoms with Gasteiger partial charge >= 0.3 is 0 Å². The van der Waals surface area contributed by atoms with E-state index in [1.807, 2.05) is 56.3 Å². The van der Waals surface area contributed by atoms with Gasteiger partial charge in [0.05, 0.1) is 36.2 Å². The van der Waals surface area contributed by atoms with Gasteiger partial charge in [0.25, 0.3) is 11.8 Å². The number of amides is 3. The summed E-state index contributed by atoms with van der Waals surface area (Å²) in [6.07, 6.45) is 4.01. The molecule has 1 aliphatic heterocycles. The number of likely N-dealkylation sites (N-methyl/N-ethyl adjacent to an activating group) is 1. The number of nitrogens with zero attached hydrogens (tertiary/aromatic N) is 5. The summed E-state index contributed by atoms with van der Waals surface area (Å²) in [5.41, 5.74) is 4.26. The Morgan fingerprint density at radius 3 is 2.47 bits per heavy atom. The summed E-state index contributed by atoms with van der Waals surface area (Å²) >= 11 is 0. The molecular formula is C40H54N8O5. The number of imidazole rings is 1. The Kier molecular flexibility index (Phi) is 13.7. The molecule has 3 amide bonds. The lowest BCUT2D eigenvalue weighted by molar-refractivity contribution is -0.132. The van der Waals surface area contributed by atoms with Crippen molar-refractivity contribution in [3.8, 4) is 11.5 Å². The van der Waals surface area contributed by atoms with E-state index < -0.39 is 0 Å². The molecule has 3 aromatic carbocycles. The zero-order valence-corrected chi connectivity index (χ0v) is 32.0. The minimum absolute atomic E-state index is 0.227. The maximum atomic E-state index is 13.8. The molecule has 13 heteroatoms. The van der Waals surface area contributed by atoms with Gasteiger partial charge in [0.1, 0.15) is 17.0 Å². The van der Waals surface area contributed by atoms with Gasteiger partial charge in [-0.05, 0) is 108 Å². The summed E-state index contributed by atoms with van der Waals surface area (Å²) in [6.45, 7) is 7.62. The molecular weight excluding hydrogens is 672 g/mol. The second kappa shape index (κ2) is 18.6. The van der Waals surface area contributed by atoms with Gasteiger partial charge in [-0.2, -0.15) is 0 Å². The molecule has 0 atom stereocenters. The van der Waals surface area contributed by atoms with Gasteiger partial charge in [-0.15, -0.1) is 0 Å². The van der Waals surface area contributed by atoms with Crippen LogP contribution in [0.3, 0.4) is 0 Å². The summed E-state index contributed by atoms with van der Waals surface area (Å²) in [4.78, 5) is 55.7. The number of carbonyl (C=O) groups is 3. The number of H-pyrrole nitrogens is 1. The number of aryl methyl sites for hydroxylation is 1. The highest BCUT2D eigenvalue weighted by Gasteiger charge is 2.22. The van der Waals surface area contributed by atoms with Gasteiger partial charge in [0.2, 0.25) is 11.9 Å². The lowest BCUT2D eigenvalue weighted by atomic mass is 10.1. The summed E-state index contributed by atoms with van der Waals surface area (Å²) in [7, 11) is 9.34. The molecule has 284 valence electrons. The van der Waals surface area contributed by atoms with Gasteiger partial charge < -0.3 is 44.7 Å². The number of ether oxygens (including phenoxy) is 2. The third kappa shape index (κ3) is 10.5. The predicted molar refractivity (Wildman–Crippen MR) is 211 cm³/mol. The number of anilines is 3. The topological polar surface area (TPSA) is 135 Å². The molecule has 0 unspecified atom stereocenters. The molecule has 1 aliphatic rings. The first-order valence-electron chi connectivity index (χ1n) is 18.4. The van der Waals surface area contributed by atoms with Crippen LogP contribution in [-0.4, -0.2) is 124 Å². The number of hydrogen-bond acceptors (Lipinski definition) is 9. The first-order chi connectivity index (χ1) is 25.5. The van der Waals surface area contributed by atoms with Crippen LogP contribution in [0.4, 0.5) is 17.3 Å². The number of carbonyl (C=O) groups excluding carboxylic acids is 3. The van der Waals surface area contributed by atoms with E-state index in [1.165, 1.54) is 7.11 Å². The third-order valence-electron chi connectivity index (χ3n) is 9.46. The summed E-state index contributed by atoms with van der Waals surface area (Å²) in [5.74, 6) is 1.08. The van der Waals surface area contributed by atoms with Crippen molar-refractivity contribution in [3.05, 3.63) is 71.3 Å². The molecule has 3 N–H and O–H groups in total. The number of nitrogens with one attached hydrogen (secondary N) is 3. The number of fused-ring (bicyclic) bond motifs is 1. The van der Waals surface area contributed by atoms with Crippen LogP contribution in [0.15, 0.2) is 54.6 Å². The molecule has 5 rings (SSSR count). The minimum atomic E-state index is -0.386. The van der Waals surface area contributed by atoms with Crippen molar-refractivity contribution in [2.75, 3.05) is 96.7 Å². The Labute approximate surface area is 312 Å². The summed E-state index contributed by atoms with van der Waals surface area (Å²) in [5, 5.41) is 6.28. The van der Waals surface area contributed by atoms with Crippen molar-refractivity contribution < 1.29 is 23.9 Å².